The number of thioether (sulfide) groups is 1. The van der Waals surface area contributed by atoms with Crippen molar-refractivity contribution in [1.29, 1.82) is 0 Å². The lowest BCUT2D eigenvalue weighted by atomic mass is 9.92. The third-order valence-electron chi connectivity index (χ3n) is 6.63. The highest BCUT2D eigenvalue weighted by Gasteiger charge is 2.21. The number of aromatic nitrogens is 2. The first-order valence-corrected chi connectivity index (χ1v) is 12.5. The van der Waals surface area contributed by atoms with Crippen molar-refractivity contribution in [1.82, 2.24) is 20.4 Å². The number of hydrogen-bond donors (Lipinski definition) is 2. The highest BCUT2D eigenvalue weighted by Crippen LogP contribution is 2.39. The number of rotatable bonds is 8. The van der Waals surface area contributed by atoms with Crippen LogP contribution >= 0.6 is 11.8 Å². The second-order valence-corrected chi connectivity index (χ2v) is 9.90. The Balaban J connectivity index is 1.01. The van der Waals surface area contributed by atoms with Gasteiger partial charge in [0.15, 0.2) is 0 Å². The summed E-state index contributed by atoms with van der Waals surface area (Å²) in [6.07, 6.45) is 7.85. The van der Waals surface area contributed by atoms with E-state index in [1.807, 2.05) is 18.2 Å². The number of nitrogens with zero attached hydrogens (tertiary/aromatic N) is 2. The molecule has 32 heavy (non-hydrogen) atoms. The van der Waals surface area contributed by atoms with E-state index < -0.39 is 0 Å². The fourth-order valence-corrected chi connectivity index (χ4v) is 5.79. The van der Waals surface area contributed by atoms with Gasteiger partial charge in [0, 0.05) is 23.4 Å². The molecule has 166 valence electrons. The van der Waals surface area contributed by atoms with Crippen molar-refractivity contribution in [3.63, 3.8) is 0 Å². The van der Waals surface area contributed by atoms with Gasteiger partial charge in [0.05, 0.1) is 16.1 Å². The molecule has 2 N–H and O–H groups in total. The molecule has 1 amide bonds. The maximum absolute atomic E-state index is 12.7. The molecular formula is C26H30N4OS. The molecular weight excluding hydrogens is 416 g/mol. The van der Waals surface area contributed by atoms with Crippen molar-refractivity contribution in [3.8, 4) is 0 Å². The largest absolute Gasteiger partial charge is 0.352 e. The maximum Gasteiger partial charge on any atom is 0.258 e. The van der Waals surface area contributed by atoms with Gasteiger partial charge in [-0.25, -0.2) is 0 Å². The Morgan fingerprint density at radius 2 is 1.97 bits per heavy atom. The van der Waals surface area contributed by atoms with Gasteiger partial charge in [-0.15, -0.1) is 0 Å². The molecule has 3 aromatic rings. The van der Waals surface area contributed by atoms with Crippen LogP contribution in [0.3, 0.4) is 0 Å². The van der Waals surface area contributed by atoms with Crippen LogP contribution in [-0.2, 0) is 11.2 Å². The Bertz CT molecular complexity index is 1100. The molecule has 1 fully saturated rings. The number of amides is 1. The third kappa shape index (κ3) is 4.92. The molecule has 0 bridgehead atoms. The summed E-state index contributed by atoms with van der Waals surface area (Å²) >= 11 is 1.54. The van der Waals surface area contributed by atoms with E-state index >= 15 is 0 Å². The molecule has 6 heteroatoms. The Labute approximate surface area is 193 Å². The number of hydrogen-bond acceptors (Lipinski definition) is 4. The van der Waals surface area contributed by atoms with E-state index in [0.717, 1.165) is 58.2 Å². The van der Waals surface area contributed by atoms with Gasteiger partial charge in [0.25, 0.3) is 5.91 Å². The van der Waals surface area contributed by atoms with Crippen LogP contribution in [0, 0.1) is 5.92 Å². The van der Waals surface area contributed by atoms with Gasteiger partial charge in [-0.3, -0.25) is 9.89 Å². The van der Waals surface area contributed by atoms with Gasteiger partial charge >= 0.3 is 0 Å². The number of piperidine rings is 1. The van der Waals surface area contributed by atoms with Gasteiger partial charge in [0.2, 0.25) is 0 Å². The van der Waals surface area contributed by atoms with Crippen molar-refractivity contribution in [2.75, 3.05) is 26.2 Å². The van der Waals surface area contributed by atoms with E-state index in [1.165, 1.54) is 49.7 Å². The van der Waals surface area contributed by atoms with E-state index in [4.69, 9.17) is 0 Å². The molecule has 1 aromatic heterocycles. The zero-order valence-electron chi connectivity index (χ0n) is 18.3. The van der Waals surface area contributed by atoms with E-state index in [2.05, 4.69) is 56.8 Å². The number of carbonyl (C=O) groups is 1. The van der Waals surface area contributed by atoms with Crippen molar-refractivity contribution in [3.05, 3.63) is 64.7 Å². The number of likely N-dealkylation sites (tertiary alicyclic amines) is 1. The topological polar surface area (TPSA) is 61.0 Å². The van der Waals surface area contributed by atoms with Crippen molar-refractivity contribution >= 4 is 34.6 Å². The lowest BCUT2D eigenvalue weighted by Gasteiger charge is -2.32. The molecule has 5 nitrogen and oxygen atoms in total. The minimum absolute atomic E-state index is 0.0167. The molecule has 0 atom stereocenters. The average molecular weight is 447 g/mol. The number of H-pyrrole nitrogens is 1. The molecule has 0 spiro atoms. The SMILES string of the molecule is O=C(NCCCC1CCN(CCc2ccccc2)CC1)C1=Cc2[nH]nc3cccc(c23)S1. The fraction of sp³-hybridized carbons (Fsp3) is 0.385. The zero-order chi connectivity index (χ0) is 21.8. The predicted octanol–water partition coefficient (Wildman–Crippen LogP) is 4.86. The third-order valence-corrected chi connectivity index (χ3v) is 7.71. The lowest BCUT2D eigenvalue weighted by molar-refractivity contribution is -0.116. The molecule has 3 heterocycles. The van der Waals surface area contributed by atoms with Crippen LogP contribution in [0.2, 0.25) is 0 Å². The Morgan fingerprint density at radius 1 is 1.12 bits per heavy atom. The van der Waals surface area contributed by atoms with Crippen LogP contribution < -0.4 is 5.32 Å². The Hall–Kier alpha value is -2.57. The Kier molecular flexibility index (Phi) is 6.60. The molecule has 0 aliphatic carbocycles. The van der Waals surface area contributed by atoms with Gasteiger partial charge in [0.1, 0.15) is 0 Å². The maximum atomic E-state index is 12.7. The van der Waals surface area contributed by atoms with E-state index in [0.29, 0.717) is 0 Å². The summed E-state index contributed by atoms with van der Waals surface area (Å²) in [5.74, 6) is 0.802. The molecule has 2 aliphatic heterocycles. The first kappa shape index (κ1) is 21.3. The van der Waals surface area contributed by atoms with Crippen molar-refractivity contribution < 1.29 is 4.79 Å². The summed E-state index contributed by atoms with van der Waals surface area (Å²) in [6, 6.07) is 16.8. The summed E-state index contributed by atoms with van der Waals surface area (Å²) < 4.78 is 0. The van der Waals surface area contributed by atoms with E-state index in [9.17, 15) is 4.79 Å². The van der Waals surface area contributed by atoms with Crippen LogP contribution in [0.4, 0.5) is 0 Å². The summed E-state index contributed by atoms with van der Waals surface area (Å²) in [5, 5.41) is 11.6. The first-order valence-electron chi connectivity index (χ1n) is 11.7. The van der Waals surface area contributed by atoms with Crippen LogP contribution in [0.5, 0.6) is 0 Å². The number of carbonyl (C=O) groups excluding carboxylic acids is 1. The summed E-state index contributed by atoms with van der Waals surface area (Å²) in [7, 11) is 0. The second-order valence-electron chi connectivity index (χ2n) is 8.82. The van der Waals surface area contributed by atoms with Crippen molar-refractivity contribution in [2.45, 2.75) is 37.0 Å². The number of nitrogens with one attached hydrogen (secondary N) is 2. The minimum Gasteiger partial charge on any atom is -0.352 e. The monoisotopic (exact) mass is 446 g/mol. The standard InChI is InChI=1S/C26H30N4OS/c31-26(24-18-22-25-21(28-29-22)9-4-10-23(25)32-24)27-14-5-8-20-12-16-30(17-13-20)15-11-19-6-2-1-3-7-19/h1-4,6-7,9-10,18,20H,5,8,11-17H2,(H,27,31)(H,28,29). The summed E-state index contributed by atoms with van der Waals surface area (Å²) in [6.45, 7) is 4.30. The number of benzene rings is 2. The van der Waals surface area contributed by atoms with E-state index in [-0.39, 0.29) is 5.91 Å². The molecule has 0 unspecified atom stereocenters. The van der Waals surface area contributed by atoms with Crippen LogP contribution in [0.1, 0.15) is 36.9 Å². The second kappa shape index (κ2) is 9.92. The van der Waals surface area contributed by atoms with E-state index in [1.54, 1.807) is 0 Å². The fourth-order valence-electron chi connectivity index (χ4n) is 4.75. The average Bonchev–Trinajstić information content (AvgIpc) is 3.26. The first-order chi connectivity index (χ1) is 15.8. The Morgan fingerprint density at radius 3 is 2.81 bits per heavy atom. The highest BCUT2D eigenvalue weighted by molar-refractivity contribution is 8.04. The van der Waals surface area contributed by atoms with Crippen LogP contribution in [-0.4, -0.2) is 47.2 Å². The molecule has 2 aliphatic rings. The summed E-state index contributed by atoms with van der Waals surface area (Å²) in [5.41, 5.74) is 3.31. The van der Waals surface area contributed by atoms with Gasteiger partial charge < -0.3 is 10.2 Å². The molecule has 1 saturated heterocycles. The molecule has 5 rings (SSSR count). The predicted molar refractivity (Wildman–Crippen MR) is 131 cm³/mol. The lowest BCUT2D eigenvalue weighted by Crippen LogP contribution is -2.35. The highest BCUT2D eigenvalue weighted by atomic mass is 32.2. The van der Waals surface area contributed by atoms with Crippen LogP contribution in [0.15, 0.2) is 58.3 Å². The summed E-state index contributed by atoms with van der Waals surface area (Å²) in [4.78, 5) is 17.1. The van der Waals surface area contributed by atoms with Crippen LogP contribution in [0.25, 0.3) is 17.0 Å². The molecule has 2 aromatic carbocycles. The normalized spacial score (nSPS) is 16.8. The smallest absolute Gasteiger partial charge is 0.258 e. The van der Waals surface area contributed by atoms with Gasteiger partial charge in [-0.05, 0) is 74.9 Å². The molecule has 0 saturated carbocycles. The van der Waals surface area contributed by atoms with Crippen molar-refractivity contribution in [2.24, 2.45) is 5.92 Å². The zero-order valence-corrected chi connectivity index (χ0v) is 19.2. The molecule has 0 radical (unpaired) electrons. The quantitative estimate of drug-likeness (QED) is 0.485. The van der Waals surface area contributed by atoms with Gasteiger partial charge in [-0.2, -0.15) is 5.10 Å². The number of aromatic amines is 1. The minimum atomic E-state index is 0.0167. The van der Waals surface area contributed by atoms with Gasteiger partial charge in [-0.1, -0.05) is 48.2 Å².